The number of aliphatic imine (C=N–C) groups is 1. The van der Waals surface area contributed by atoms with Crippen molar-refractivity contribution in [1.82, 2.24) is 19.9 Å². The average Bonchev–Trinajstić information content (AvgIpc) is 2.62. The van der Waals surface area contributed by atoms with E-state index in [1.54, 1.807) is 0 Å². The van der Waals surface area contributed by atoms with Gasteiger partial charge in [-0.1, -0.05) is 0 Å². The van der Waals surface area contributed by atoms with Crippen LogP contribution in [0.5, 0.6) is 0 Å². The molecule has 22 heavy (non-hydrogen) atoms. The molecule has 0 unspecified atom stereocenters. The van der Waals surface area contributed by atoms with E-state index in [-0.39, 0.29) is 21.4 Å². The third-order valence-electron chi connectivity index (χ3n) is 2.23. The van der Waals surface area contributed by atoms with Crippen LogP contribution >= 0.6 is 35.4 Å². The summed E-state index contributed by atoms with van der Waals surface area (Å²) >= 11 is 15.5. The van der Waals surface area contributed by atoms with Gasteiger partial charge in [-0.25, -0.2) is 4.79 Å². The number of carboxylic acid groups (broad SMARTS) is 1. The molecule has 112 valence electrons. The molecule has 1 aliphatic rings. The van der Waals surface area contributed by atoms with Gasteiger partial charge in [-0.15, -0.1) is 0 Å². The van der Waals surface area contributed by atoms with E-state index < -0.39 is 29.3 Å². The number of aromatic nitrogens is 3. The fourth-order valence-corrected chi connectivity index (χ4v) is 1.90. The van der Waals surface area contributed by atoms with Crippen molar-refractivity contribution in [2.24, 2.45) is 4.99 Å². The third kappa shape index (κ3) is 2.92. The fourth-order valence-electron chi connectivity index (χ4n) is 1.45. The SMILES string of the molecule is O=C(O)N1C(=O)C(N=C=S)=C(Nc2nc(Cl)nc(Cl)n2)C1=O. The van der Waals surface area contributed by atoms with Gasteiger partial charge in [-0.2, -0.15) is 24.8 Å². The molecule has 0 aliphatic carbocycles. The van der Waals surface area contributed by atoms with Crippen LogP contribution in [0.4, 0.5) is 10.7 Å². The lowest BCUT2D eigenvalue weighted by Crippen LogP contribution is -2.37. The van der Waals surface area contributed by atoms with Gasteiger partial charge in [-0.05, 0) is 35.4 Å². The van der Waals surface area contributed by atoms with Crippen molar-refractivity contribution in [2.75, 3.05) is 5.32 Å². The molecule has 0 spiro atoms. The summed E-state index contributed by atoms with van der Waals surface area (Å²) in [6.07, 6.45) is -1.78. The number of rotatable bonds is 3. The highest BCUT2D eigenvalue weighted by Crippen LogP contribution is 2.23. The molecule has 0 radical (unpaired) electrons. The number of hydrogen-bond donors (Lipinski definition) is 2. The number of thiocarbonyl (C=S) groups is 1. The zero-order valence-corrected chi connectivity index (χ0v) is 12.4. The lowest BCUT2D eigenvalue weighted by molar-refractivity contribution is -0.134. The van der Waals surface area contributed by atoms with E-state index in [4.69, 9.17) is 28.3 Å². The zero-order valence-electron chi connectivity index (χ0n) is 10.1. The first-order valence-corrected chi connectivity index (χ1v) is 6.29. The maximum Gasteiger partial charge on any atom is 0.421 e. The molecule has 0 saturated heterocycles. The van der Waals surface area contributed by atoms with Crippen molar-refractivity contribution < 1.29 is 19.5 Å². The molecule has 0 atom stereocenters. The van der Waals surface area contributed by atoms with Crippen LogP contribution < -0.4 is 5.32 Å². The molecule has 3 amide bonds. The van der Waals surface area contributed by atoms with E-state index in [1.807, 2.05) is 5.16 Å². The zero-order chi connectivity index (χ0) is 16.4. The molecule has 1 aromatic heterocycles. The molecule has 2 heterocycles. The number of nitrogens with zero attached hydrogens (tertiary/aromatic N) is 5. The van der Waals surface area contributed by atoms with Crippen LogP contribution in [0.25, 0.3) is 0 Å². The Labute approximate surface area is 136 Å². The molecule has 10 nitrogen and oxygen atoms in total. The molecule has 13 heteroatoms. The maximum absolute atomic E-state index is 12.0. The monoisotopic (exact) mass is 360 g/mol. The van der Waals surface area contributed by atoms with Crippen LogP contribution in [0.1, 0.15) is 0 Å². The van der Waals surface area contributed by atoms with E-state index in [9.17, 15) is 14.4 Å². The minimum atomic E-state index is -1.78. The van der Waals surface area contributed by atoms with Crippen molar-refractivity contribution in [2.45, 2.75) is 0 Å². The van der Waals surface area contributed by atoms with Gasteiger partial charge in [-0.3, -0.25) is 9.59 Å². The van der Waals surface area contributed by atoms with Crippen molar-refractivity contribution in [1.29, 1.82) is 0 Å². The quantitative estimate of drug-likeness (QED) is 0.458. The van der Waals surface area contributed by atoms with E-state index in [2.05, 4.69) is 37.5 Å². The molecule has 0 saturated carbocycles. The minimum Gasteiger partial charge on any atom is -0.464 e. The first-order valence-electron chi connectivity index (χ1n) is 5.13. The standard InChI is InChI=1S/C9H2Cl2N6O4S/c10-6-14-7(11)16-8(15-6)13-3-2(12-1-22)4(18)17(5(3)19)9(20)21/h(H,20,21)(H,13,14,15,16). The van der Waals surface area contributed by atoms with Crippen LogP contribution in [0.2, 0.25) is 10.6 Å². The first kappa shape index (κ1) is 15.9. The predicted octanol–water partition coefficient (Wildman–Crippen LogP) is 0.951. The van der Waals surface area contributed by atoms with Crippen LogP contribution in [0, 0.1) is 0 Å². The summed E-state index contributed by atoms with van der Waals surface area (Å²) in [6.45, 7) is 0. The summed E-state index contributed by atoms with van der Waals surface area (Å²) < 4.78 is 0. The number of nitrogens with one attached hydrogen (secondary N) is 1. The number of imide groups is 3. The number of hydrogen-bond acceptors (Lipinski definition) is 9. The highest BCUT2D eigenvalue weighted by Gasteiger charge is 2.43. The minimum absolute atomic E-state index is 0.0573. The maximum atomic E-state index is 12.0. The summed E-state index contributed by atoms with van der Waals surface area (Å²) in [5.74, 6) is -2.66. The number of carbonyl (C=O) groups excluding carboxylic acids is 2. The number of anilines is 1. The van der Waals surface area contributed by atoms with Crippen LogP contribution in [-0.2, 0) is 9.59 Å². The predicted molar refractivity (Wildman–Crippen MR) is 75.4 cm³/mol. The first-order chi connectivity index (χ1) is 10.3. The van der Waals surface area contributed by atoms with Crippen molar-refractivity contribution in [3.63, 3.8) is 0 Å². The number of isothiocyanates is 1. The molecule has 2 N–H and O–H groups in total. The van der Waals surface area contributed by atoms with Crippen molar-refractivity contribution >= 4 is 64.4 Å². The Kier molecular flexibility index (Phi) is 4.43. The molecular formula is C9H2Cl2N6O4S. The Bertz CT molecular complexity index is 770. The third-order valence-corrected chi connectivity index (χ3v) is 2.66. The van der Waals surface area contributed by atoms with Gasteiger partial charge in [0.1, 0.15) is 5.70 Å². The van der Waals surface area contributed by atoms with Gasteiger partial charge in [0.15, 0.2) is 5.70 Å². The van der Waals surface area contributed by atoms with Gasteiger partial charge in [0.25, 0.3) is 11.8 Å². The van der Waals surface area contributed by atoms with E-state index in [0.29, 0.717) is 0 Å². The second-order valence-electron chi connectivity index (χ2n) is 3.48. The Balaban J connectivity index is 2.49. The lowest BCUT2D eigenvalue weighted by atomic mass is 10.3. The topological polar surface area (TPSA) is 138 Å². The van der Waals surface area contributed by atoms with E-state index in [1.165, 1.54) is 0 Å². The smallest absolute Gasteiger partial charge is 0.421 e. The van der Waals surface area contributed by atoms with Gasteiger partial charge in [0, 0.05) is 0 Å². The Hall–Kier alpha value is -2.46. The fraction of sp³-hybridized carbons (Fsp3) is 0. The Morgan fingerprint density at radius 1 is 1.23 bits per heavy atom. The van der Waals surface area contributed by atoms with Crippen LogP contribution in [-0.4, -0.2) is 48.0 Å². The molecule has 2 rings (SSSR count). The van der Waals surface area contributed by atoms with E-state index >= 15 is 0 Å². The van der Waals surface area contributed by atoms with Crippen LogP contribution in [0.3, 0.4) is 0 Å². The second kappa shape index (κ2) is 6.12. The molecular weight excluding hydrogens is 359 g/mol. The van der Waals surface area contributed by atoms with Gasteiger partial charge in [0.2, 0.25) is 16.5 Å². The molecule has 1 aliphatic heterocycles. The summed E-state index contributed by atoms with van der Waals surface area (Å²) in [5, 5.41) is 12.5. The van der Waals surface area contributed by atoms with Gasteiger partial charge in [0.05, 0.1) is 5.16 Å². The summed E-state index contributed by atoms with van der Waals surface area (Å²) in [7, 11) is 0. The number of amides is 3. The largest absolute Gasteiger partial charge is 0.464 e. The Morgan fingerprint density at radius 3 is 2.32 bits per heavy atom. The van der Waals surface area contributed by atoms with Crippen LogP contribution in [0.15, 0.2) is 16.4 Å². The summed E-state index contributed by atoms with van der Waals surface area (Å²) in [5.41, 5.74) is -1.07. The van der Waals surface area contributed by atoms with E-state index in [0.717, 1.165) is 0 Å². The molecule has 1 aromatic rings. The Morgan fingerprint density at radius 2 is 1.82 bits per heavy atom. The summed E-state index contributed by atoms with van der Waals surface area (Å²) in [4.78, 5) is 48.8. The average molecular weight is 361 g/mol. The molecule has 0 aromatic carbocycles. The lowest BCUT2D eigenvalue weighted by Gasteiger charge is -2.07. The highest BCUT2D eigenvalue weighted by molar-refractivity contribution is 7.78. The van der Waals surface area contributed by atoms with Gasteiger partial charge < -0.3 is 10.4 Å². The molecule has 0 fully saturated rings. The normalized spacial score (nSPS) is 14.2. The second-order valence-corrected chi connectivity index (χ2v) is 4.34. The van der Waals surface area contributed by atoms with Gasteiger partial charge >= 0.3 is 6.09 Å². The number of halogens is 2. The van der Waals surface area contributed by atoms with Crippen molar-refractivity contribution in [3.05, 3.63) is 22.0 Å². The van der Waals surface area contributed by atoms with Crippen molar-refractivity contribution in [3.8, 4) is 0 Å². The number of carbonyl (C=O) groups is 3. The highest BCUT2D eigenvalue weighted by atomic mass is 35.5. The molecule has 0 bridgehead atoms. The summed E-state index contributed by atoms with van der Waals surface area (Å²) in [6, 6.07) is 0.